The molecule has 3 aromatic carbocycles. The van der Waals surface area contributed by atoms with Gasteiger partial charge in [-0.3, -0.25) is 4.79 Å². The minimum absolute atomic E-state index is 0.0520. The van der Waals surface area contributed by atoms with Crippen LogP contribution in [0.2, 0.25) is 0 Å². The number of rotatable bonds is 9. The molecule has 10 heteroatoms. The first-order valence-corrected chi connectivity index (χ1v) is 12.0. The van der Waals surface area contributed by atoms with E-state index in [4.69, 9.17) is 13.7 Å². The van der Waals surface area contributed by atoms with Gasteiger partial charge >= 0.3 is 10.1 Å². The number of amides is 1. The number of carbonyl (C=O) groups is 1. The molecule has 0 heterocycles. The molecule has 3 rings (SSSR count). The number of carbonyl (C=O) groups excluding carboxylic acids is 1. The van der Waals surface area contributed by atoms with Gasteiger partial charge < -0.3 is 13.7 Å². The predicted molar refractivity (Wildman–Crippen MR) is 128 cm³/mol. The molecular formula is C23H21BrN2O6S. The van der Waals surface area contributed by atoms with E-state index in [1.807, 2.05) is 6.92 Å². The van der Waals surface area contributed by atoms with Crippen molar-refractivity contribution in [1.29, 1.82) is 0 Å². The molecule has 1 amide bonds. The van der Waals surface area contributed by atoms with Gasteiger partial charge in [0.1, 0.15) is 4.90 Å². The SMILES string of the molecule is CCOc1ccc(C(=O)N/N=C/c2ccc(OS(=O)(=O)c3ccccc3)c(Br)c2)cc1OC. The Morgan fingerprint density at radius 2 is 1.76 bits per heavy atom. The average Bonchev–Trinajstić information content (AvgIpc) is 2.81. The first-order chi connectivity index (χ1) is 15.8. The lowest BCUT2D eigenvalue weighted by molar-refractivity contribution is 0.0954. The van der Waals surface area contributed by atoms with E-state index in [0.29, 0.717) is 33.7 Å². The van der Waals surface area contributed by atoms with Gasteiger partial charge in [-0.25, -0.2) is 5.43 Å². The number of nitrogens with zero attached hydrogens (tertiary/aromatic N) is 1. The summed E-state index contributed by atoms with van der Waals surface area (Å²) in [6, 6.07) is 17.4. The van der Waals surface area contributed by atoms with Crippen LogP contribution >= 0.6 is 15.9 Å². The van der Waals surface area contributed by atoms with Gasteiger partial charge in [0.05, 0.1) is 24.4 Å². The standard InChI is InChI=1S/C23H21BrN2O6S/c1-3-31-21-12-10-17(14-22(21)30-2)23(27)26-25-15-16-9-11-20(19(24)13-16)32-33(28,29)18-7-5-4-6-8-18/h4-15H,3H2,1-2H3,(H,26,27)/b25-15+. The number of hydrazone groups is 1. The lowest BCUT2D eigenvalue weighted by atomic mass is 10.2. The molecule has 0 aliphatic carbocycles. The van der Waals surface area contributed by atoms with Crippen molar-refractivity contribution in [2.24, 2.45) is 5.10 Å². The highest BCUT2D eigenvalue weighted by Crippen LogP contribution is 2.29. The smallest absolute Gasteiger partial charge is 0.339 e. The summed E-state index contributed by atoms with van der Waals surface area (Å²) in [5.74, 6) is 0.682. The highest BCUT2D eigenvalue weighted by Gasteiger charge is 2.17. The van der Waals surface area contributed by atoms with Crippen LogP contribution in [0.3, 0.4) is 0 Å². The third kappa shape index (κ3) is 6.33. The zero-order valence-corrected chi connectivity index (χ0v) is 20.2. The number of halogens is 1. The van der Waals surface area contributed by atoms with Gasteiger partial charge in [0.15, 0.2) is 17.2 Å². The first-order valence-electron chi connectivity index (χ1n) is 9.77. The largest absolute Gasteiger partial charge is 0.493 e. The first kappa shape index (κ1) is 24.3. The van der Waals surface area contributed by atoms with E-state index in [0.717, 1.165) is 0 Å². The summed E-state index contributed by atoms with van der Waals surface area (Å²) in [5.41, 5.74) is 3.39. The summed E-state index contributed by atoms with van der Waals surface area (Å²) in [6.45, 7) is 2.33. The fraction of sp³-hybridized carbons (Fsp3) is 0.130. The molecule has 33 heavy (non-hydrogen) atoms. The van der Waals surface area contributed by atoms with Gasteiger partial charge in [-0.15, -0.1) is 0 Å². The Balaban J connectivity index is 1.66. The van der Waals surface area contributed by atoms with Crippen LogP contribution in [-0.4, -0.2) is 34.3 Å². The highest BCUT2D eigenvalue weighted by atomic mass is 79.9. The van der Waals surface area contributed by atoms with E-state index < -0.39 is 16.0 Å². The molecule has 1 N–H and O–H groups in total. The van der Waals surface area contributed by atoms with Crippen LogP contribution < -0.4 is 19.1 Å². The van der Waals surface area contributed by atoms with E-state index in [1.165, 1.54) is 31.5 Å². The second-order valence-corrected chi connectivity index (χ2v) is 8.94. The van der Waals surface area contributed by atoms with E-state index in [-0.39, 0.29) is 10.6 Å². The number of nitrogens with one attached hydrogen (secondary N) is 1. The van der Waals surface area contributed by atoms with E-state index in [2.05, 4.69) is 26.5 Å². The Morgan fingerprint density at radius 1 is 1.03 bits per heavy atom. The Labute approximate surface area is 200 Å². The fourth-order valence-electron chi connectivity index (χ4n) is 2.73. The van der Waals surface area contributed by atoms with Crippen LogP contribution in [-0.2, 0) is 10.1 Å². The Kier molecular flexibility index (Phi) is 8.07. The van der Waals surface area contributed by atoms with Gasteiger partial charge in [0.2, 0.25) is 0 Å². The summed E-state index contributed by atoms with van der Waals surface area (Å²) in [4.78, 5) is 12.4. The lowest BCUT2D eigenvalue weighted by Crippen LogP contribution is -2.17. The number of hydrogen-bond donors (Lipinski definition) is 1. The van der Waals surface area contributed by atoms with Gasteiger partial charge in [0.25, 0.3) is 5.91 Å². The Hall–Kier alpha value is -3.37. The molecule has 0 radical (unpaired) electrons. The summed E-state index contributed by atoms with van der Waals surface area (Å²) < 4.78 is 41.1. The topological polar surface area (TPSA) is 103 Å². The Bertz CT molecular complexity index is 1260. The maximum Gasteiger partial charge on any atom is 0.339 e. The molecule has 3 aromatic rings. The third-order valence-corrected chi connectivity index (χ3v) is 6.16. The van der Waals surface area contributed by atoms with Crippen molar-refractivity contribution in [1.82, 2.24) is 5.43 Å². The van der Waals surface area contributed by atoms with Crippen LogP contribution in [0.1, 0.15) is 22.8 Å². The molecule has 0 bridgehead atoms. The molecule has 8 nitrogen and oxygen atoms in total. The van der Waals surface area contributed by atoms with Crippen LogP contribution in [0.5, 0.6) is 17.2 Å². The number of benzene rings is 3. The third-order valence-electron chi connectivity index (χ3n) is 4.29. The van der Waals surface area contributed by atoms with Gasteiger partial charge in [-0.1, -0.05) is 18.2 Å². The summed E-state index contributed by atoms with van der Waals surface area (Å²) in [6.07, 6.45) is 1.42. The van der Waals surface area contributed by atoms with Gasteiger partial charge in [-0.05, 0) is 76.9 Å². The maximum atomic E-state index is 12.4. The van der Waals surface area contributed by atoms with Crippen molar-refractivity contribution >= 4 is 38.2 Å². The monoisotopic (exact) mass is 532 g/mol. The quantitative estimate of drug-likeness (QED) is 0.249. The molecule has 0 aliphatic heterocycles. The van der Waals surface area contributed by atoms with Crippen molar-refractivity contribution in [3.63, 3.8) is 0 Å². The average molecular weight is 533 g/mol. The van der Waals surface area contributed by atoms with Crippen LogP contribution in [0, 0.1) is 0 Å². The number of hydrogen-bond acceptors (Lipinski definition) is 7. The lowest BCUT2D eigenvalue weighted by Gasteiger charge is -2.10. The van der Waals surface area contributed by atoms with Crippen LogP contribution in [0.15, 0.2) is 81.2 Å². The van der Waals surface area contributed by atoms with Crippen molar-refractivity contribution < 1.29 is 26.9 Å². The molecule has 0 aliphatic rings. The van der Waals surface area contributed by atoms with Crippen molar-refractivity contribution in [3.05, 3.63) is 82.3 Å². The number of ether oxygens (including phenoxy) is 2. The molecule has 0 saturated heterocycles. The zero-order valence-electron chi connectivity index (χ0n) is 17.8. The van der Waals surface area contributed by atoms with E-state index in [1.54, 1.807) is 48.5 Å². The summed E-state index contributed by atoms with van der Waals surface area (Å²) in [5, 5.41) is 3.95. The van der Waals surface area contributed by atoms with Gasteiger partial charge in [-0.2, -0.15) is 13.5 Å². The molecule has 172 valence electrons. The van der Waals surface area contributed by atoms with E-state index in [9.17, 15) is 13.2 Å². The number of methoxy groups -OCH3 is 1. The normalized spacial score (nSPS) is 11.2. The molecular weight excluding hydrogens is 512 g/mol. The van der Waals surface area contributed by atoms with Crippen LogP contribution in [0.25, 0.3) is 0 Å². The highest BCUT2D eigenvalue weighted by molar-refractivity contribution is 9.10. The molecule has 0 fully saturated rings. The molecule has 0 atom stereocenters. The van der Waals surface area contributed by atoms with Gasteiger partial charge in [0, 0.05) is 5.56 Å². The molecule has 0 unspecified atom stereocenters. The minimum atomic E-state index is -3.96. The maximum absolute atomic E-state index is 12.4. The fourth-order valence-corrected chi connectivity index (χ4v) is 4.28. The van der Waals surface area contributed by atoms with E-state index >= 15 is 0 Å². The van der Waals surface area contributed by atoms with Crippen molar-refractivity contribution in [2.45, 2.75) is 11.8 Å². The van der Waals surface area contributed by atoms with Crippen LogP contribution in [0.4, 0.5) is 0 Å². The molecule has 0 spiro atoms. The Morgan fingerprint density at radius 3 is 2.42 bits per heavy atom. The van der Waals surface area contributed by atoms with Crippen molar-refractivity contribution in [3.8, 4) is 17.2 Å². The summed E-state index contributed by atoms with van der Waals surface area (Å²) in [7, 11) is -2.47. The molecule has 0 aromatic heterocycles. The minimum Gasteiger partial charge on any atom is -0.493 e. The second kappa shape index (κ2) is 11.0. The molecule has 0 saturated carbocycles. The predicted octanol–water partition coefficient (Wildman–Crippen LogP) is 4.39. The zero-order chi connectivity index (χ0) is 23.8. The van der Waals surface area contributed by atoms with Crippen molar-refractivity contribution in [2.75, 3.05) is 13.7 Å². The second-order valence-electron chi connectivity index (χ2n) is 6.54. The summed E-state index contributed by atoms with van der Waals surface area (Å²) >= 11 is 3.30.